The Hall–Kier alpha value is -1.40. The van der Waals surface area contributed by atoms with Gasteiger partial charge in [-0.15, -0.1) is 0 Å². The number of hydrogen-bond acceptors (Lipinski definition) is 3. The number of pyridine rings is 1. The Morgan fingerprint density at radius 1 is 1.53 bits per heavy atom. The maximum absolute atomic E-state index is 8.92. The summed E-state index contributed by atoms with van der Waals surface area (Å²) in [5.74, 6) is 0. The van der Waals surface area contributed by atoms with E-state index in [4.69, 9.17) is 5.26 Å². The molecule has 1 aromatic heterocycles. The van der Waals surface area contributed by atoms with Crippen molar-refractivity contribution >= 4 is 0 Å². The van der Waals surface area contributed by atoms with Gasteiger partial charge in [-0.2, -0.15) is 5.26 Å². The van der Waals surface area contributed by atoms with E-state index in [0.717, 1.165) is 13.1 Å². The van der Waals surface area contributed by atoms with Crippen molar-refractivity contribution in [2.45, 2.75) is 20.4 Å². The Balaban J connectivity index is 2.51. The van der Waals surface area contributed by atoms with E-state index >= 15 is 0 Å². The van der Waals surface area contributed by atoms with E-state index < -0.39 is 0 Å². The zero-order valence-electron chi connectivity index (χ0n) is 9.57. The fourth-order valence-electron chi connectivity index (χ4n) is 1.57. The number of nitrogens with zero attached hydrogens (tertiary/aromatic N) is 3. The second-order valence-corrected chi connectivity index (χ2v) is 4.53. The average Bonchev–Trinajstić information content (AvgIpc) is 2.18. The van der Waals surface area contributed by atoms with Crippen LogP contribution in [0.25, 0.3) is 0 Å². The van der Waals surface area contributed by atoms with Crippen molar-refractivity contribution in [3.63, 3.8) is 0 Å². The lowest BCUT2D eigenvalue weighted by Crippen LogP contribution is -2.29. The molecule has 0 N–H and O–H groups in total. The number of rotatable bonds is 4. The van der Waals surface area contributed by atoms with E-state index in [0.29, 0.717) is 0 Å². The minimum Gasteiger partial charge on any atom is -0.300 e. The van der Waals surface area contributed by atoms with Crippen LogP contribution in [0, 0.1) is 16.7 Å². The van der Waals surface area contributed by atoms with Crippen LogP contribution in [0.4, 0.5) is 0 Å². The third kappa shape index (κ3) is 4.09. The Labute approximate surface area is 91.4 Å². The van der Waals surface area contributed by atoms with E-state index in [2.05, 4.69) is 16.0 Å². The van der Waals surface area contributed by atoms with Gasteiger partial charge in [-0.3, -0.25) is 4.98 Å². The fraction of sp³-hybridized carbons (Fsp3) is 0.500. The van der Waals surface area contributed by atoms with Crippen molar-refractivity contribution in [2.75, 3.05) is 13.6 Å². The highest BCUT2D eigenvalue weighted by molar-refractivity contribution is 5.08. The minimum absolute atomic E-state index is 0.295. The first-order chi connectivity index (χ1) is 7.03. The maximum atomic E-state index is 8.92. The van der Waals surface area contributed by atoms with Crippen LogP contribution >= 0.6 is 0 Å². The summed E-state index contributed by atoms with van der Waals surface area (Å²) in [5, 5.41) is 8.92. The zero-order chi connectivity index (χ0) is 11.3. The predicted molar refractivity (Wildman–Crippen MR) is 60.0 cm³/mol. The minimum atomic E-state index is -0.295. The molecule has 0 aromatic carbocycles. The predicted octanol–water partition coefficient (Wildman–Crippen LogP) is 2.06. The highest BCUT2D eigenvalue weighted by Crippen LogP contribution is 2.15. The molecule has 0 unspecified atom stereocenters. The van der Waals surface area contributed by atoms with Gasteiger partial charge < -0.3 is 4.90 Å². The lowest BCUT2D eigenvalue weighted by molar-refractivity contribution is 0.248. The smallest absolute Gasteiger partial charge is 0.0697 e. The van der Waals surface area contributed by atoms with E-state index in [1.54, 1.807) is 6.20 Å². The first-order valence-corrected chi connectivity index (χ1v) is 5.02. The molecule has 80 valence electrons. The van der Waals surface area contributed by atoms with Crippen LogP contribution in [0.3, 0.4) is 0 Å². The monoisotopic (exact) mass is 203 g/mol. The molecule has 0 amide bonds. The molecule has 0 atom stereocenters. The van der Waals surface area contributed by atoms with E-state index in [1.165, 1.54) is 5.56 Å². The first-order valence-electron chi connectivity index (χ1n) is 5.02. The van der Waals surface area contributed by atoms with Crippen molar-refractivity contribution in [3.8, 4) is 6.07 Å². The molecule has 1 heterocycles. The van der Waals surface area contributed by atoms with E-state index in [-0.39, 0.29) is 5.41 Å². The van der Waals surface area contributed by atoms with Crippen molar-refractivity contribution < 1.29 is 0 Å². The summed E-state index contributed by atoms with van der Waals surface area (Å²) in [7, 11) is 2.02. The van der Waals surface area contributed by atoms with Crippen LogP contribution in [0.2, 0.25) is 0 Å². The van der Waals surface area contributed by atoms with Gasteiger partial charge in [0.2, 0.25) is 0 Å². The standard InChI is InChI=1S/C12H17N3/c1-12(2,9-13)10-15(3)8-11-5-4-6-14-7-11/h4-7H,8,10H2,1-3H3. The van der Waals surface area contributed by atoms with Crippen LogP contribution < -0.4 is 0 Å². The van der Waals surface area contributed by atoms with Gasteiger partial charge in [0, 0.05) is 25.5 Å². The Morgan fingerprint density at radius 2 is 2.27 bits per heavy atom. The summed E-state index contributed by atoms with van der Waals surface area (Å²) in [4.78, 5) is 6.20. The summed E-state index contributed by atoms with van der Waals surface area (Å²) in [6.45, 7) is 5.50. The summed E-state index contributed by atoms with van der Waals surface area (Å²) < 4.78 is 0. The average molecular weight is 203 g/mol. The first kappa shape index (κ1) is 11.7. The molecular formula is C12H17N3. The van der Waals surface area contributed by atoms with Gasteiger partial charge in [0.05, 0.1) is 11.5 Å². The third-order valence-electron chi connectivity index (χ3n) is 2.14. The molecule has 1 aromatic rings. The molecule has 3 nitrogen and oxygen atoms in total. The maximum Gasteiger partial charge on any atom is 0.0697 e. The largest absolute Gasteiger partial charge is 0.300 e. The molecule has 15 heavy (non-hydrogen) atoms. The van der Waals surface area contributed by atoms with Crippen LogP contribution in [-0.4, -0.2) is 23.5 Å². The molecule has 0 aliphatic carbocycles. The van der Waals surface area contributed by atoms with Gasteiger partial charge in [-0.25, -0.2) is 0 Å². The van der Waals surface area contributed by atoms with Crippen LogP contribution in [0.1, 0.15) is 19.4 Å². The molecule has 3 heteroatoms. The Morgan fingerprint density at radius 3 is 2.80 bits per heavy atom. The lowest BCUT2D eigenvalue weighted by atomic mass is 9.95. The molecule has 1 rings (SSSR count). The molecule has 0 spiro atoms. The van der Waals surface area contributed by atoms with E-state index in [1.807, 2.05) is 39.2 Å². The van der Waals surface area contributed by atoms with Crippen LogP contribution in [-0.2, 0) is 6.54 Å². The van der Waals surface area contributed by atoms with Gasteiger partial charge in [-0.05, 0) is 32.5 Å². The fourth-order valence-corrected chi connectivity index (χ4v) is 1.57. The van der Waals surface area contributed by atoms with Gasteiger partial charge in [0.25, 0.3) is 0 Å². The van der Waals surface area contributed by atoms with Crippen LogP contribution in [0.5, 0.6) is 0 Å². The summed E-state index contributed by atoms with van der Waals surface area (Å²) in [6, 6.07) is 6.27. The van der Waals surface area contributed by atoms with Crippen molar-refractivity contribution in [1.82, 2.24) is 9.88 Å². The summed E-state index contributed by atoms with van der Waals surface area (Å²) >= 11 is 0. The molecule has 0 aliphatic rings. The van der Waals surface area contributed by atoms with Gasteiger partial charge in [0.15, 0.2) is 0 Å². The van der Waals surface area contributed by atoms with E-state index in [9.17, 15) is 0 Å². The Bertz CT molecular complexity index is 338. The number of hydrogen-bond donors (Lipinski definition) is 0. The van der Waals surface area contributed by atoms with Crippen molar-refractivity contribution in [1.29, 1.82) is 5.26 Å². The van der Waals surface area contributed by atoms with Gasteiger partial charge >= 0.3 is 0 Å². The van der Waals surface area contributed by atoms with Gasteiger partial charge in [-0.1, -0.05) is 6.07 Å². The highest BCUT2D eigenvalue weighted by atomic mass is 15.1. The number of nitriles is 1. The highest BCUT2D eigenvalue weighted by Gasteiger charge is 2.18. The molecule has 0 bridgehead atoms. The second kappa shape index (κ2) is 4.90. The topological polar surface area (TPSA) is 39.9 Å². The molecule has 0 fully saturated rings. The van der Waals surface area contributed by atoms with Crippen molar-refractivity contribution in [2.24, 2.45) is 5.41 Å². The second-order valence-electron chi connectivity index (χ2n) is 4.53. The SMILES string of the molecule is CN(Cc1cccnc1)CC(C)(C)C#N. The van der Waals surface area contributed by atoms with Crippen LogP contribution in [0.15, 0.2) is 24.5 Å². The molecular weight excluding hydrogens is 186 g/mol. The van der Waals surface area contributed by atoms with Gasteiger partial charge in [0.1, 0.15) is 0 Å². The molecule has 0 aliphatic heterocycles. The normalized spacial score (nSPS) is 11.4. The summed E-state index contributed by atoms with van der Waals surface area (Å²) in [6.07, 6.45) is 3.62. The quantitative estimate of drug-likeness (QED) is 0.752. The molecule has 0 saturated heterocycles. The molecule has 0 radical (unpaired) electrons. The number of aromatic nitrogens is 1. The zero-order valence-corrected chi connectivity index (χ0v) is 9.57. The van der Waals surface area contributed by atoms with Crippen molar-refractivity contribution in [3.05, 3.63) is 30.1 Å². The summed E-state index contributed by atoms with van der Waals surface area (Å²) in [5.41, 5.74) is 0.880. The molecule has 0 saturated carbocycles. The Kier molecular flexibility index (Phi) is 3.81. The third-order valence-corrected chi connectivity index (χ3v) is 2.14. The lowest BCUT2D eigenvalue weighted by Gasteiger charge is -2.24.